The summed E-state index contributed by atoms with van der Waals surface area (Å²) in [5.41, 5.74) is 1.03. The molecule has 1 aliphatic heterocycles. The van der Waals surface area contributed by atoms with E-state index in [0.717, 1.165) is 10.5 Å². The minimum atomic E-state index is -3.84. The van der Waals surface area contributed by atoms with Gasteiger partial charge in [0.15, 0.2) is 0 Å². The number of nitrogens with zero attached hydrogens (tertiary/aromatic N) is 2. The molecule has 0 aliphatic carbocycles. The van der Waals surface area contributed by atoms with Crippen LogP contribution >= 0.6 is 11.3 Å². The molecule has 1 fully saturated rings. The van der Waals surface area contributed by atoms with Gasteiger partial charge in [0.1, 0.15) is 11.8 Å². The van der Waals surface area contributed by atoms with E-state index >= 15 is 0 Å². The molecule has 37 heavy (non-hydrogen) atoms. The molecule has 3 amide bonds. The van der Waals surface area contributed by atoms with E-state index < -0.39 is 33.8 Å². The highest BCUT2D eigenvalue weighted by atomic mass is 32.2. The van der Waals surface area contributed by atoms with E-state index in [1.807, 2.05) is 0 Å². The average molecular weight is 542 g/mol. The van der Waals surface area contributed by atoms with Gasteiger partial charge in [-0.3, -0.25) is 19.2 Å². The maximum absolute atomic E-state index is 13.4. The van der Waals surface area contributed by atoms with Gasteiger partial charge in [-0.15, -0.1) is 11.3 Å². The van der Waals surface area contributed by atoms with Crippen molar-refractivity contribution in [2.24, 2.45) is 5.14 Å². The number of ether oxygens (including phenoxy) is 1. The Balaban J connectivity index is 1.57. The Kier molecular flexibility index (Phi) is 7.52. The van der Waals surface area contributed by atoms with Crippen LogP contribution < -0.4 is 14.8 Å². The molecule has 4 rings (SSSR count). The minimum Gasteiger partial charge on any atom is -0.427 e. The summed E-state index contributed by atoms with van der Waals surface area (Å²) in [5.74, 6) is -1.61. The van der Waals surface area contributed by atoms with Crippen molar-refractivity contribution in [3.05, 3.63) is 76.5 Å². The van der Waals surface area contributed by atoms with E-state index in [4.69, 9.17) is 9.88 Å². The lowest BCUT2D eigenvalue weighted by Crippen LogP contribution is -2.46. The second-order valence-corrected chi connectivity index (χ2v) is 10.8. The Morgan fingerprint density at radius 2 is 1.76 bits per heavy atom. The van der Waals surface area contributed by atoms with E-state index in [1.165, 1.54) is 59.6 Å². The molecule has 3 aromatic rings. The molecule has 1 atom stereocenters. The predicted molar refractivity (Wildman–Crippen MR) is 136 cm³/mol. The topological polar surface area (TPSA) is 144 Å². The fourth-order valence-electron chi connectivity index (χ4n) is 4.00. The maximum atomic E-state index is 13.4. The van der Waals surface area contributed by atoms with Gasteiger partial charge < -0.3 is 9.64 Å². The van der Waals surface area contributed by atoms with Crippen LogP contribution in [0.3, 0.4) is 0 Å². The number of thiophene rings is 1. The van der Waals surface area contributed by atoms with Crippen molar-refractivity contribution in [1.29, 1.82) is 0 Å². The molecule has 1 aromatic heterocycles. The molecule has 12 heteroatoms. The largest absolute Gasteiger partial charge is 0.427 e. The second-order valence-electron chi connectivity index (χ2n) is 8.29. The molecule has 2 aromatic carbocycles. The number of carbonyl (C=O) groups excluding carboxylic acids is 4. The Labute approximate surface area is 217 Å². The number of amides is 3. The third-order valence-electron chi connectivity index (χ3n) is 5.74. The summed E-state index contributed by atoms with van der Waals surface area (Å²) in [7, 11) is -3.84. The molecule has 2 N–H and O–H groups in total. The zero-order valence-electron chi connectivity index (χ0n) is 19.7. The van der Waals surface area contributed by atoms with Gasteiger partial charge in [-0.25, -0.2) is 18.5 Å². The van der Waals surface area contributed by atoms with Crippen LogP contribution in [0.5, 0.6) is 5.75 Å². The summed E-state index contributed by atoms with van der Waals surface area (Å²) < 4.78 is 28.0. The molecule has 0 saturated carbocycles. The van der Waals surface area contributed by atoms with Gasteiger partial charge in [-0.1, -0.05) is 18.2 Å². The van der Waals surface area contributed by atoms with Crippen LogP contribution in [0.1, 0.15) is 28.6 Å². The normalized spacial score (nSPS) is 15.6. The number of hydrogen-bond acceptors (Lipinski definition) is 8. The van der Waals surface area contributed by atoms with Crippen molar-refractivity contribution in [2.75, 3.05) is 11.4 Å². The molecular formula is C25H23N3O7S2. The molecule has 0 spiro atoms. The monoisotopic (exact) mass is 541 g/mol. The molecule has 0 radical (unpaired) electrons. The lowest BCUT2D eigenvalue weighted by molar-refractivity contribution is -0.132. The molecule has 1 saturated heterocycles. The van der Waals surface area contributed by atoms with Crippen LogP contribution in [-0.4, -0.2) is 49.6 Å². The highest BCUT2D eigenvalue weighted by molar-refractivity contribution is 7.89. The number of imide groups is 1. The Morgan fingerprint density at radius 1 is 1.08 bits per heavy atom. The van der Waals surface area contributed by atoms with E-state index in [2.05, 4.69) is 0 Å². The van der Waals surface area contributed by atoms with Crippen molar-refractivity contribution in [3.63, 3.8) is 0 Å². The zero-order valence-corrected chi connectivity index (χ0v) is 21.3. The fraction of sp³-hybridized carbons (Fsp3) is 0.200. The predicted octanol–water partition coefficient (Wildman–Crippen LogP) is 2.34. The average Bonchev–Trinajstić information content (AvgIpc) is 3.48. The first-order valence-electron chi connectivity index (χ1n) is 11.2. The summed E-state index contributed by atoms with van der Waals surface area (Å²) >= 11 is 1.23. The summed E-state index contributed by atoms with van der Waals surface area (Å²) in [5, 5.41) is 6.89. The third-order valence-corrected chi connectivity index (χ3v) is 7.53. The Morgan fingerprint density at radius 3 is 2.32 bits per heavy atom. The van der Waals surface area contributed by atoms with Gasteiger partial charge in [-0.05, 0) is 59.8 Å². The van der Waals surface area contributed by atoms with Crippen molar-refractivity contribution in [2.45, 2.75) is 30.7 Å². The summed E-state index contributed by atoms with van der Waals surface area (Å²) in [6.07, 6.45) is 0.128. The maximum Gasteiger partial charge on any atom is 0.308 e. The number of esters is 1. The zero-order chi connectivity index (χ0) is 26.7. The van der Waals surface area contributed by atoms with Crippen LogP contribution in [-0.2, 0) is 30.8 Å². The van der Waals surface area contributed by atoms with Crippen molar-refractivity contribution in [1.82, 2.24) is 4.90 Å². The quantitative estimate of drug-likeness (QED) is 0.262. The van der Waals surface area contributed by atoms with Crippen molar-refractivity contribution >= 4 is 50.7 Å². The summed E-state index contributed by atoms with van der Waals surface area (Å²) in [4.78, 5) is 53.6. The Hall–Kier alpha value is -3.87. The number of sulfonamides is 1. The number of primary sulfonamides is 1. The van der Waals surface area contributed by atoms with Gasteiger partial charge in [0.05, 0.1) is 21.9 Å². The molecule has 10 nitrogen and oxygen atoms in total. The van der Waals surface area contributed by atoms with E-state index in [9.17, 15) is 27.6 Å². The third kappa shape index (κ3) is 5.93. The Bertz CT molecular complexity index is 1430. The van der Waals surface area contributed by atoms with Gasteiger partial charge >= 0.3 is 5.97 Å². The van der Waals surface area contributed by atoms with Gasteiger partial charge in [0.25, 0.3) is 11.8 Å². The second kappa shape index (κ2) is 10.6. The molecule has 1 aliphatic rings. The first-order valence-corrected chi connectivity index (χ1v) is 13.6. The number of anilines is 1. The van der Waals surface area contributed by atoms with Gasteiger partial charge in [0.2, 0.25) is 15.9 Å². The number of carbonyl (C=O) groups is 4. The van der Waals surface area contributed by atoms with Crippen LogP contribution in [0, 0.1) is 0 Å². The minimum absolute atomic E-state index is 0.0327. The molecular weight excluding hydrogens is 518 g/mol. The summed E-state index contributed by atoms with van der Waals surface area (Å²) in [6.45, 7) is 1.38. The lowest BCUT2D eigenvalue weighted by Gasteiger charge is -2.27. The van der Waals surface area contributed by atoms with Crippen molar-refractivity contribution < 1.29 is 32.3 Å². The molecule has 2 heterocycles. The van der Waals surface area contributed by atoms with Gasteiger partial charge in [-0.2, -0.15) is 0 Å². The first kappa shape index (κ1) is 26.2. The van der Waals surface area contributed by atoms with Crippen LogP contribution in [0.25, 0.3) is 0 Å². The molecule has 1 unspecified atom stereocenters. The van der Waals surface area contributed by atoms with Crippen LogP contribution in [0.15, 0.2) is 70.9 Å². The highest BCUT2D eigenvalue weighted by Gasteiger charge is 2.44. The number of rotatable bonds is 8. The van der Waals surface area contributed by atoms with E-state index in [0.29, 0.717) is 17.0 Å². The molecule has 0 bridgehead atoms. The van der Waals surface area contributed by atoms with Crippen molar-refractivity contribution in [3.8, 4) is 5.75 Å². The summed E-state index contributed by atoms with van der Waals surface area (Å²) in [6, 6.07) is 14.2. The molecule has 192 valence electrons. The number of benzene rings is 2. The standard InChI is InChI=1S/C25H23N3O7S2/c1-16(29)35-19-8-6-18(7-9-19)28-23(30)15-21(24(28)31)27(25(32)22-3-2-14-36-22)13-12-17-4-10-20(11-5-17)37(26,33)34/h2-11,14,21H,12-13,15H2,1H3,(H2,26,33,34). The fourth-order valence-corrected chi connectivity index (χ4v) is 5.19. The smallest absolute Gasteiger partial charge is 0.308 e. The first-order chi connectivity index (χ1) is 17.5. The lowest BCUT2D eigenvalue weighted by atomic mass is 10.1. The van der Waals surface area contributed by atoms with Crippen LogP contribution in [0.2, 0.25) is 0 Å². The van der Waals surface area contributed by atoms with E-state index in [1.54, 1.807) is 29.6 Å². The van der Waals surface area contributed by atoms with Crippen LogP contribution in [0.4, 0.5) is 5.69 Å². The van der Waals surface area contributed by atoms with E-state index in [-0.39, 0.29) is 29.5 Å². The highest BCUT2D eigenvalue weighted by Crippen LogP contribution is 2.29. The van der Waals surface area contributed by atoms with Gasteiger partial charge in [0, 0.05) is 13.5 Å². The number of hydrogen-bond donors (Lipinski definition) is 1. The number of nitrogens with two attached hydrogens (primary N) is 1. The SMILES string of the molecule is CC(=O)Oc1ccc(N2C(=O)CC(N(CCc3ccc(S(N)(=O)=O)cc3)C(=O)c3cccs3)C2=O)cc1.